The van der Waals surface area contributed by atoms with Crippen LogP contribution in [0.5, 0.6) is 5.75 Å². The molecule has 1 aliphatic carbocycles. The van der Waals surface area contributed by atoms with E-state index in [-0.39, 0.29) is 17.4 Å². The highest BCUT2D eigenvalue weighted by atomic mass is 127. The number of anilines is 1. The molecule has 2 aromatic rings. The maximum Gasteiger partial charge on any atom is 0.164 e. The largest absolute Gasteiger partial charge is 0.491 e. The predicted molar refractivity (Wildman–Crippen MR) is 108 cm³/mol. The molecule has 0 aromatic heterocycles. The molecule has 0 amide bonds. The van der Waals surface area contributed by atoms with Gasteiger partial charge in [0.1, 0.15) is 11.6 Å². The Morgan fingerprint density at radius 3 is 2.59 bits per heavy atom. The van der Waals surface area contributed by atoms with Crippen molar-refractivity contribution in [1.82, 2.24) is 0 Å². The monoisotopic (exact) mass is 487 g/mol. The molecule has 0 bridgehead atoms. The van der Waals surface area contributed by atoms with Crippen molar-refractivity contribution in [3.63, 3.8) is 0 Å². The van der Waals surface area contributed by atoms with Gasteiger partial charge in [-0.15, -0.1) is 0 Å². The maximum atomic E-state index is 14.7. The molecule has 1 aliphatic heterocycles. The summed E-state index contributed by atoms with van der Waals surface area (Å²) in [4.78, 5) is 0. The van der Waals surface area contributed by atoms with Crippen molar-refractivity contribution < 1.29 is 17.9 Å². The Bertz CT molecular complexity index is 867. The van der Waals surface area contributed by atoms with Crippen molar-refractivity contribution in [2.45, 2.75) is 38.5 Å². The molecule has 1 N–H and O–H groups in total. The van der Waals surface area contributed by atoms with Gasteiger partial charge >= 0.3 is 0 Å². The first kappa shape index (κ1) is 18.9. The van der Waals surface area contributed by atoms with Gasteiger partial charge in [-0.2, -0.15) is 0 Å². The van der Waals surface area contributed by atoms with Crippen LogP contribution < -0.4 is 10.1 Å². The van der Waals surface area contributed by atoms with E-state index in [9.17, 15) is 13.2 Å². The van der Waals surface area contributed by atoms with E-state index in [2.05, 4.69) is 5.32 Å². The topological polar surface area (TPSA) is 21.3 Å². The Kier molecular flexibility index (Phi) is 5.27. The summed E-state index contributed by atoms with van der Waals surface area (Å²) in [5, 5.41) is 3.32. The van der Waals surface area contributed by atoms with Gasteiger partial charge in [0.2, 0.25) is 0 Å². The number of fused-ring (bicyclic) bond motifs is 1. The highest BCUT2D eigenvalue weighted by Crippen LogP contribution is 2.50. The molecule has 1 spiro atoms. The van der Waals surface area contributed by atoms with Gasteiger partial charge in [0.25, 0.3) is 0 Å². The lowest BCUT2D eigenvalue weighted by Gasteiger charge is -2.24. The van der Waals surface area contributed by atoms with Crippen LogP contribution in [0.1, 0.15) is 43.2 Å². The molecule has 2 aliphatic rings. The van der Waals surface area contributed by atoms with E-state index in [0.29, 0.717) is 30.2 Å². The Morgan fingerprint density at radius 2 is 1.85 bits per heavy atom. The summed E-state index contributed by atoms with van der Waals surface area (Å²) in [6, 6.07) is 5.89. The van der Waals surface area contributed by atoms with Gasteiger partial charge in [0.05, 0.1) is 12.3 Å². The third-order valence-corrected chi connectivity index (χ3v) is 6.29. The zero-order chi connectivity index (χ0) is 19.0. The van der Waals surface area contributed by atoms with Crippen molar-refractivity contribution in [3.05, 3.63) is 56.4 Å². The lowest BCUT2D eigenvalue weighted by atomic mass is 9.97. The summed E-state index contributed by atoms with van der Waals surface area (Å²) in [7, 11) is 0. The second-order valence-corrected chi connectivity index (χ2v) is 8.84. The third kappa shape index (κ3) is 4.05. The Balaban J connectivity index is 1.74. The molecule has 0 saturated heterocycles. The lowest BCUT2D eigenvalue weighted by Crippen LogP contribution is -2.20. The second-order valence-electron chi connectivity index (χ2n) is 7.60. The molecule has 1 fully saturated rings. The van der Waals surface area contributed by atoms with Gasteiger partial charge in [-0.05, 0) is 77.8 Å². The fourth-order valence-electron chi connectivity index (χ4n) is 3.73. The number of halogens is 4. The average Bonchev–Trinajstić information content (AvgIpc) is 3.40. The van der Waals surface area contributed by atoms with E-state index < -0.39 is 17.5 Å². The van der Waals surface area contributed by atoms with Gasteiger partial charge in [-0.25, -0.2) is 13.2 Å². The highest BCUT2D eigenvalue weighted by Gasteiger charge is 2.42. The van der Waals surface area contributed by atoms with Crippen molar-refractivity contribution in [2.24, 2.45) is 5.41 Å². The number of nitrogens with one attached hydrogen (secondary N) is 1. The van der Waals surface area contributed by atoms with Crippen LogP contribution in [0.2, 0.25) is 0 Å². The summed E-state index contributed by atoms with van der Waals surface area (Å²) >= 11 is 2.02. The lowest BCUT2D eigenvalue weighted by molar-refractivity contribution is 0.292. The second kappa shape index (κ2) is 7.53. The van der Waals surface area contributed by atoms with Crippen LogP contribution in [0, 0.1) is 26.4 Å². The number of rotatable bonds is 2. The van der Waals surface area contributed by atoms with Crippen LogP contribution in [-0.4, -0.2) is 13.2 Å². The van der Waals surface area contributed by atoms with E-state index in [0.717, 1.165) is 41.7 Å². The quantitative estimate of drug-likeness (QED) is 0.521. The standard InChI is InChI=1S/C21H21F3INO/c22-16-10-14(25)4-3-13(16)9-15-19(24)17(23)11-18-20(15)26-12-21(6-7-21)5-1-2-8-27-18/h3-4,10-11,26H,1-2,5-9,12H2. The van der Waals surface area contributed by atoms with Crippen LogP contribution in [0.3, 0.4) is 0 Å². The zero-order valence-corrected chi connectivity index (χ0v) is 17.0. The molecule has 1 saturated carbocycles. The van der Waals surface area contributed by atoms with E-state index in [4.69, 9.17) is 4.74 Å². The zero-order valence-electron chi connectivity index (χ0n) is 14.9. The summed E-state index contributed by atoms with van der Waals surface area (Å²) in [5.41, 5.74) is 1.17. The Morgan fingerprint density at radius 1 is 1.04 bits per heavy atom. The molecule has 0 radical (unpaired) electrons. The highest BCUT2D eigenvalue weighted by molar-refractivity contribution is 14.1. The van der Waals surface area contributed by atoms with Crippen LogP contribution in [0.25, 0.3) is 0 Å². The molecule has 27 heavy (non-hydrogen) atoms. The molecule has 144 valence electrons. The van der Waals surface area contributed by atoms with E-state index in [1.165, 1.54) is 6.07 Å². The number of hydrogen-bond donors (Lipinski definition) is 1. The summed E-state index contributed by atoms with van der Waals surface area (Å²) in [6.07, 6.45) is 5.35. The molecule has 0 unspecified atom stereocenters. The molecule has 4 rings (SSSR count). The van der Waals surface area contributed by atoms with E-state index >= 15 is 0 Å². The fraction of sp³-hybridized carbons (Fsp3) is 0.429. The van der Waals surface area contributed by atoms with Crippen LogP contribution in [0.4, 0.5) is 18.9 Å². The first-order valence-corrected chi connectivity index (χ1v) is 10.4. The average molecular weight is 487 g/mol. The van der Waals surface area contributed by atoms with Crippen LogP contribution in [-0.2, 0) is 6.42 Å². The summed E-state index contributed by atoms with van der Waals surface area (Å²) < 4.78 is 49.8. The molecule has 2 aromatic carbocycles. The number of ether oxygens (including phenoxy) is 1. The van der Waals surface area contributed by atoms with E-state index in [1.807, 2.05) is 22.6 Å². The SMILES string of the molecule is Fc1cc(I)ccc1Cc1c(F)c(F)cc2c1NCC1(CCCCO2)CC1. The maximum absolute atomic E-state index is 14.7. The third-order valence-electron chi connectivity index (χ3n) is 5.62. The molecule has 2 nitrogen and oxygen atoms in total. The smallest absolute Gasteiger partial charge is 0.164 e. The molecule has 6 heteroatoms. The Hall–Kier alpha value is -1.44. The van der Waals surface area contributed by atoms with Gasteiger partial charge in [-0.3, -0.25) is 0 Å². The van der Waals surface area contributed by atoms with Gasteiger partial charge < -0.3 is 10.1 Å². The summed E-state index contributed by atoms with van der Waals surface area (Å²) in [6.45, 7) is 1.17. The number of benzene rings is 2. The Labute approximate surface area is 170 Å². The van der Waals surface area contributed by atoms with Gasteiger partial charge in [0.15, 0.2) is 11.6 Å². The summed E-state index contributed by atoms with van der Waals surface area (Å²) in [5.74, 6) is -2.01. The predicted octanol–water partition coefficient (Wildman–Crippen LogP) is 6.05. The minimum Gasteiger partial charge on any atom is -0.491 e. The molecular weight excluding hydrogens is 466 g/mol. The van der Waals surface area contributed by atoms with Crippen molar-refractivity contribution in [1.29, 1.82) is 0 Å². The normalized spacial score (nSPS) is 18.4. The fourth-order valence-corrected chi connectivity index (χ4v) is 4.19. The van der Waals surface area contributed by atoms with E-state index in [1.54, 1.807) is 12.1 Å². The minimum absolute atomic E-state index is 0.0297. The first-order chi connectivity index (χ1) is 13.0. The van der Waals surface area contributed by atoms with Crippen molar-refractivity contribution in [2.75, 3.05) is 18.5 Å². The minimum atomic E-state index is -0.963. The van der Waals surface area contributed by atoms with Crippen LogP contribution >= 0.6 is 22.6 Å². The van der Waals surface area contributed by atoms with Gasteiger partial charge in [0, 0.05) is 28.2 Å². The molecular formula is C21H21F3INO. The van der Waals surface area contributed by atoms with Crippen LogP contribution in [0.15, 0.2) is 24.3 Å². The number of hydrogen-bond acceptors (Lipinski definition) is 2. The first-order valence-electron chi connectivity index (χ1n) is 9.29. The molecule has 1 heterocycles. The van der Waals surface area contributed by atoms with Crippen molar-refractivity contribution in [3.8, 4) is 5.75 Å². The molecule has 0 atom stereocenters. The van der Waals surface area contributed by atoms with Crippen molar-refractivity contribution >= 4 is 28.3 Å². The van der Waals surface area contributed by atoms with Gasteiger partial charge in [-0.1, -0.05) is 6.07 Å².